The molecule has 0 radical (unpaired) electrons. The Hall–Kier alpha value is -17.5. The molecule has 1 saturated heterocycles. The number of pyridine rings is 15. The molecule has 6 aromatic carbocycles. The highest BCUT2D eigenvalue weighted by molar-refractivity contribution is 8.00. The number of aromatic nitrogens is 15. The summed E-state index contributed by atoms with van der Waals surface area (Å²) in [6.45, 7) is 19.2. The summed E-state index contributed by atoms with van der Waals surface area (Å²) in [6, 6.07) is 85.3. The van der Waals surface area contributed by atoms with Gasteiger partial charge < -0.3 is 31.5 Å². The Labute approximate surface area is 830 Å². The molecule has 5 N–H and O–H groups in total. The zero-order valence-corrected chi connectivity index (χ0v) is 81.2. The molecule has 0 unspecified atom stereocenters. The van der Waals surface area contributed by atoms with Gasteiger partial charge >= 0.3 is 0 Å². The van der Waals surface area contributed by atoms with E-state index in [1.165, 1.54) is 74.3 Å². The minimum absolute atomic E-state index is 0.268. The van der Waals surface area contributed by atoms with Gasteiger partial charge in [0, 0.05) is 228 Å². The van der Waals surface area contributed by atoms with Crippen molar-refractivity contribution < 1.29 is 13.0 Å². The molecule has 16 heterocycles. The smallest absolute Gasteiger partial charge is 0.135 e. The van der Waals surface area contributed by atoms with Crippen LogP contribution in [-0.2, 0) is 42.2 Å². The van der Waals surface area contributed by atoms with Crippen LogP contribution in [-0.4, -0.2) is 109 Å². The van der Waals surface area contributed by atoms with Crippen molar-refractivity contribution in [2.24, 2.45) is 0 Å². The Balaban J connectivity index is 0.000000118. The molecular weight excluding hydrogens is 1800 g/mol. The number of halogens is 2. The molecule has 22 rings (SSSR count). The van der Waals surface area contributed by atoms with Gasteiger partial charge in [0.2, 0.25) is 0 Å². The summed E-state index contributed by atoms with van der Waals surface area (Å²) in [5.41, 5.74) is 25.2. The van der Waals surface area contributed by atoms with Crippen molar-refractivity contribution in [2.75, 3.05) is 56.1 Å². The van der Waals surface area contributed by atoms with E-state index in [9.17, 15) is 13.0 Å². The number of aryl methyl sites for hydroxylation is 7. The molecule has 1 fully saturated rings. The van der Waals surface area contributed by atoms with Crippen molar-refractivity contribution in [3.63, 3.8) is 0 Å². The SMILES string of the molecule is C=S1(=O)CCN(c2ccc(CNc3nccc4cc(-c5cccc(F)c5)ncc34)cn2)CC1.Cc1cc(-c2cc3ccnc(NCc4cccnc4)c3cn2)ccn1.Cc1ccc(CNc2nccc3cc(-c4ccnc(C)c4)ncc23)cc1.Cc1ccc(CNc2nccc3cc(-c4ccnc(C)c4)ncc23)cc1.Cc1cccc(-c2ccc(CNc3nccc4cc(-c5cccc(F)c5)ncc34)cc2C)c1. The topological polar surface area (TPSA) is 274 Å². The largest absolute Gasteiger partial charge is 0.365 e. The van der Waals surface area contributed by atoms with Crippen LogP contribution < -0.4 is 31.5 Å². The minimum Gasteiger partial charge on any atom is -0.365 e. The van der Waals surface area contributed by atoms with E-state index in [1.807, 2.05) is 204 Å². The summed E-state index contributed by atoms with van der Waals surface area (Å²) in [4.78, 5) is 69.0. The average Bonchev–Trinajstić information content (AvgIpc) is 0.825. The van der Waals surface area contributed by atoms with Crippen LogP contribution in [0.1, 0.15) is 67.2 Å². The lowest BCUT2D eigenvalue weighted by Crippen LogP contribution is -2.40. The first kappa shape index (κ1) is 95.8. The Bertz CT molecular complexity index is 8020. The van der Waals surface area contributed by atoms with Crippen LogP contribution in [0.15, 0.2) is 360 Å². The lowest BCUT2D eigenvalue weighted by Gasteiger charge is -2.29. The van der Waals surface area contributed by atoms with Crippen molar-refractivity contribution in [1.29, 1.82) is 0 Å². The first-order valence-electron chi connectivity index (χ1n) is 47.1. The van der Waals surface area contributed by atoms with Gasteiger partial charge in [-0.3, -0.25) is 49.1 Å². The third kappa shape index (κ3) is 25.0. The van der Waals surface area contributed by atoms with Gasteiger partial charge in [-0.25, -0.2) is 38.7 Å². The van der Waals surface area contributed by atoms with E-state index >= 15 is 0 Å². The molecule has 0 spiro atoms. The Kier molecular flexibility index (Phi) is 30.2. The van der Waals surface area contributed by atoms with E-state index in [1.54, 1.807) is 43.1 Å². The monoisotopic (exact) mass is 1900 g/mol. The van der Waals surface area contributed by atoms with Crippen molar-refractivity contribution in [3.8, 4) is 67.4 Å². The molecule has 0 bridgehead atoms. The Morgan fingerprint density at radius 2 is 0.629 bits per heavy atom. The van der Waals surface area contributed by atoms with Gasteiger partial charge in [0.1, 0.15) is 46.5 Å². The molecule has 143 heavy (non-hydrogen) atoms. The second kappa shape index (κ2) is 45.0. The Morgan fingerprint density at radius 3 is 0.979 bits per heavy atom. The molecular formula is C118H105F2N21OS. The van der Waals surface area contributed by atoms with Crippen LogP contribution in [0, 0.1) is 60.1 Å². The van der Waals surface area contributed by atoms with Crippen LogP contribution in [0.3, 0.4) is 0 Å². The van der Waals surface area contributed by atoms with Gasteiger partial charge in [0.15, 0.2) is 0 Å². The molecule has 1 aliphatic heterocycles. The fourth-order valence-corrected chi connectivity index (χ4v) is 18.1. The van der Waals surface area contributed by atoms with Crippen molar-refractivity contribution in [1.82, 2.24) is 74.8 Å². The van der Waals surface area contributed by atoms with E-state index in [4.69, 9.17) is 0 Å². The van der Waals surface area contributed by atoms with Crippen LogP contribution in [0.5, 0.6) is 0 Å². The van der Waals surface area contributed by atoms with Crippen LogP contribution in [0.25, 0.3) is 121 Å². The average molecular weight is 1900 g/mol. The summed E-state index contributed by atoms with van der Waals surface area (Å²) >= 11 is 0. The number of benzene rings is 6. The summed E-state index contributed by atoms with van der Waals surface area (Å²) in [5, 5.41) is 27.3. The zero-order chi connectivity index (χ0) is 98.6. The lowest BCUT2D eigenvalue weighted by molar-refractivity contribution is 0.628. The highest BCUT2D eigenvalue weighted by Crippen LogP contribution is 2.35. The first-order valence-corrected chi connectivity index (χ1v) is 49.2. The fraction of sp³-hybridized carbons (Fsp3) is 0.136. The maximum absolute atomic E-state index is 13.6. The third-order valence-corrected chi connectivity index (χ3v) is 26.4. The van der Waals surface area contributed by atoms with Gasteiger partial charge in [0.25, 0.3) is 0 Å². The summed E-state index contributed by atoms with van der Waals surface area (Å²) < 4.78 is 39.3. The van der Waals surface area contributed by atoms with Crippen LogP contribution in [0.2, 0.25) is 0 Å². The number of nitrogens with one attached hydrogen (secondary N) is 5. The molecule has 708 valence electrons. The minimum atomic E-state index is -1.92. The van der Waals surface area contributed by atoms with Crippen molar-refractivity contribution >= 4 is 104 Å². The van der Waals surface area contributed by atoms with E-state index in [-0.39, 0.29) is 11.6 Å². The van der Waals surface area contributed by atoms with Gasteiger partial charge in [-0.15, -0.1) is 0 Å². The van der Waals surface area contributed by atoms with Crippen LogP contribution >= 0.6 is 0 Å². The van der Waals surface area contributed by atoms with Crippen molar-refractivity contribution in [3.05, 3.63) is 439 Å². The zero-order valence-electron chi connectivity index (χ0n) is 80.4. The van der Waals surface area contributed by atoms with Gasteiger partial charge in [-0.1, -0.05) is 144 Å². The number of rotatable bonds is 22. The highest BCUT2D eigenvalue weighted by atomic mass is 32.2. The molecule has 0 atom stereocenters. The lowest BCUT2D eigenvalue weighted by atomic mass is 9.97. The molecule has 21 aromatic rings. The highest BCUT2D eigenvalue weighted by Gasteiger charge is 2.21. The molecule has 15 aromatic heterocycles. The third-order valence-electron chi connectivity index (χ3n) is 24.5. The maximum atomic E-state index is 13.6. The number of anilines is 6. The van der Waals surface area contributed by atoms with Gasteiger partial charge in [-0.2, -0.15) is 0 Å². The number of nitrogens with zero attached hydrogens (tertiary/aromatic N) is 16. The second-order valence-electron chi connectivity index (χ2n) is 35.3. The van der Waals surface area contributed by atoms with E-state index in [0.29, 0.717) is 36.8 Å². The first-order chi connectivity index (χ1) is 69.7. The van der Waals surface area contributed by atoms with E-state index in [0.717, 1.165) is 194 Å². The second-order valence-corrected chi connectivity index (χ2v) is 38.1. The maximum Gasteiger partial charge on any atom is 0.135 e. The summed E-state index contributed by atoms with van der Waals surface area (Å²) in [5.74, 6) is 9.43. The molecule has 22 nitrogen and oxygen atoms in total. The quantitative estimate of drug-likeness (QED) is 0.0394. The molecule has 1 aliphatic rings. The van der Waals surface area contributed by atoms with E-state index < -0.39 is 9.52 Å². The normalized spacial score (nSPS) is 11.9. The number of hydrogen-bond acceptors (Lipinski definition) is 22. The van der Waals surface area contributed by atoms with Crippen LogP contribution in [0.4, 0.5) is 43.7 Å². The molecule has 0 aliphatic carbocycles. The summed E-state index contributed by atoms with van der Waals surface area (Å²) in [7, 11) is -1.92. The standard InChI is InChI=1S/C29H24FN3.C25H24FN5OS.2C22H20N4.C20H17N5/c1-19-5-3-6-22(13-19)26-10-9-21(14-20(26)2)17-33-29-27-18-32-28(16-23(27)11-12-31-29)24-7-4-8-25(30)15-24;1-33(32)11-9-31(10-12-33)24-6-5-18(15-29-24)16-30-25-22-17-28-23(14-19(22)7-8-27-25)20-3-2-4-21(26)13-20;2*1-15-3-5-17(6-4-15)13-26-22-20-14-25-21(12-18(20)7-10-24-22)19-8-9-23-16(2)11-19;1-14-9-17(5-7-22-14)19-10-16-4-8-23-20(18(16)13-24-19)25-12-15-3-2-6-21-11-15/h3-16,18H,17H2,1-2H3,(H,31,33);2-8,13-15,17H,1,9-12,16H2,(H,27,30);2*3-12,14H,13H2,1-2H3,(H,24,26);2-11,13H,12H2,1H3,(H,23,25). The van der Waals surface area contributed by atoms with Gasteiger partial charge in [-0.05, 0) is 269 Å². The molecule has 0 amide bonds. The van der Waals surface area contributed by atoms with Gasteiger partial charge in [0.05, 0.1) is 28.5 Å². The predicted octanol–water partition coefficient (Wildman–Crippen LogP) is 25.2. The number of hydrogen-bond donors (Lipinski definition) is 5. The Morgan fingerprint density at radius 1 is 0.287 bits per heavy atom. The molecule has 25 heteroatoms. The van der Waals surface area contributed by atoms with Crippen molar-refractivity contribution in [2.45, 2.75) is 81.2 Å². The number of fused-ring (bicyclic) bond motifs is 5. The fourth-order valence-electron chi connectivity index (χ4n) is 16.8. The predicted molar refractivity (Wildman–Crippen MR) is 578 cm³/mol. The molecule has 0 saturated carbocycles. The summed E-state index contributed by atoms with van der Waals surface area (Å²) in [6.07, 6.45) is 29.2. The van der Waals surface area contributed by atoms with E-state index in [2.05, 4.69) is 249 Å².